The van der Waals surface area contributed by atoms with Crippen LogP contribution in [0.25, 0.3) is 0 Å². The third-order valence-corrected chi connectivity index (χ3v) is 6.41. The number of rotatable bonds is 5. The third-order valence-electron chi connectivity index (χ3n) is 6.41. The molecule has 2 N–H and O–H groups in total. The smallest absolute Gasteiger partial charge is 0.324 e. The lowest BCUT2D eigenvalue weighted by molar-refractivity contribution is -0.138. The molecule has 3 aromatic rings. The number of piperidine rings is 1. The first-order valence-corrected chi connectivity index (χ1v) is 11.6. The lowest BCUT2D eigenvalue weighted by Crippen LogP contribution is -2.27. The van der Waals surface area contributed by atoms with Gasteiger partial charge in [0.15, 0.2) is 5.82 Å². The fraction of sp³-hybridized carbons (Fsp3) is 0.360. The van der Waals surface area contributed by atoms with E-state index in [1.165, 1.54) is 11.1 Å². The van der Waals surface area contributed by atoms with Crippen molar-refractivity contribution < 1.29 is 22.4 Å². The minimum absolute atomic E-state index is 0.0793. The van der Waals surface area contributed by atoms with Crippen LogP contribution in [0.5, 0.6) is 0 Å². The summed E-state index contributed by atoms with van der Waals surface area (Å²) in [6.45, 7) is 1.94. The molecule has 0 bridgehead atoms. The minimum Gasteiger partial charge on any atom is -0.324 e. The van der Waals surface area contributed by atoms with Crippen LogP contribution in [0.2, 0.25) is 0 Å². The zero-order valence-corrected chi connectivity index (χ0v) is 18.9. The minimum atomic E-state index is -4.68. The molecule has 2 aliphatic rings. The van der Waals surface area contributed by atoms with Gasteiger partial charge < -0.3 is 10.6 Å². The molecule has 5 rings (SSSR count). The number of nitrogens with one attached hydrogen (secondary N) is 2. The SMILES string of the molecule is Fc1cc(Nc2ncc(C(F)(F)F)c(N3OCC[C@H]3c3ccccc3)n2)ccc1C1CCNCC1. The highest BCUT2D eigenvalue weighted by molar-refractivity contribution is 5.58. The number of anilines is 3. The highest BCUT2D eigenvalue weighted by atomic mass is 19.4. The number of nitrogens with zero attached hydrogens (tertiary/aromatic N) is 3. The van der Waals surface area contributed by atoms with Crippen LogP contribution in [0.15, 0.2) is 54.7 Å². The average molecular weight is 488 g/mol. The fourth-order valence-electron chi connectivity index (χ4n) is 4.65. The van der Waals surface area contributed by atoms with Crippen LogP contribution in [0.3, 0.4) is 0 Å². The zero-order valence-electron chi connectivity index (χ0n) is 18.9. The van der Waals surface area contributed by atoms with Gasteiger partial charge in [-0.15, -0.1) is 0 Å². The Bertz CT molecular complexity index is 1170. The third kappa shape index (κ3) is 5.08. The Kier molecular flexibility index (Phi) is 6.57. The van der Waals surface area contributed by atoms with Crippen LogP contribution in [0.4, 0.5) is 35.0 Å². The van der Waals surface area contributed by atoms with E-state index in [4.69, 9.17) is 4.84 Å². The predicted octanol–water partition coefficient (Wildman–Crippen LogP) is 5.73. The van der Waals surface area contributed by atoms with E-state index in [1.807, 2.05) is 30.3 Å². The molecule has 0 amide bonds. The highest BCUT2D eigenvalue weighted by Gasteiger charge is 2.40. The van der Waals surface area contributed by atoms with Gasteiger partial charge in [0.1, 0.15) is 11.4 Å². The van der Waals surface area contributed by atoms with Crippen LogP contribution in [0.1, 0.15) is 47.9 Å². The van der Waals surface area contributed by atoms with Gasteiger partial charge in [0, 0.05) is 18.3 Å². The van der Waals surface area contributed by atoms with E-state index in [2.05, 4.69) is 20.6 Å². The molecule has 2 aliphatic heterocycles. The summed E-state index contributed by atoms with van der Waals surface area (Å²) < 4.78 is 56.3. The van der Waals surface area contributed by atoms with Crippen molar-refractivity contribution in [3.8, 4) is 0 Å². The summed E-state index contributed by atoms with van der Waals surface area (Å²) in [5.41, 5.74) is 0.815. The van der Waals surface area contributed by atoms with Gasteiger partial charge in [-0.05, 0) is 55.1 Å². The molecule has 0 saturated carbocycles. The first-order chi connectivity index (χ1) is 16.9. The van der Waals surface area contributed by atoms with Crippen molar-refractivity contribution in [1.29, 1.82) is 0 Å². The molecule has 0 unspecified atom stereocenters. The van der Waals surface area contributed by atoms with Crippen molar-refractivity contribution >= 4 is 17.5 Å². The summed E-state index contributed by atoms with van der Waals surface area (Å²) in [6.07, 6.45) is -1.73. The Morgan fingerprint density at radius 1 is 1.03 bits per heavy atom. The second kappa shape index (κ2) is 9.79. The maximum atomic E-state index is 14.8. The standard InChI is InChI=1S/C25H25F4N5O/c26-21-14-18(6-7-19(21)16-8-11-30-12-9-16)32-24-31-15-20(25(27,28)29)23(33-24)34-22(10-13-35-34)17-4-2-1-3-5-17/h1-7,14-16,22,30H,8-13H2,(H,31,32,33)/t22-/m0/s1. The Morgan fingerprint density at radius 2 is 1.80 bits per heavy atom. The molecule has 1 aromatic heterocycles. The first kappa shape index (κ1) is 23.5. The largest absolute Gasteiger partial charge is 0.421 e. The number of hydroxylamine groups is 1. The van der Waals surface area contributed by atoms with E-state index in [9.17, 15) is 17.6 Å². The summed E-state index contributed by atoms with van der Waals surface area (Å²) in [7, 11) is 0. The van der Waals surface area contributed by atoms with Gasteiger partial charge in [0.2, 0.25) is 5.95 Å². The molecule has 1 atom stereocenters. The molecule has 2 saturated heterocycles. The number of hydrogen-bond acceptors (Lipinski definition) is 6. The quantitative estimate of drug-likeness (QED) is 0.449. The Morgan fingerprint density at radius 3 is 2.51 bits per heavy atom. The predicted molar refractivity (Wildman–Crippen MR) is 124 cm³/mol. The van der Waals surface area contributed by atoms with E-state index in [0.29, 0.717) is 17.7 Å². The molecule has 0 aliphatic carbocycles. The molecule has 35 heavy (non-hydrogen) atoms. The molecule has 0 spiro atoms. The Balaban J connectivity index is 1.44. The molecule has 2 aromatic carbocycles. The normalized spacial score (nSPS) is 19.2. The van der Waals surface area contributed by atoms with Crippen LogP contribution < -0.4 is 15.7 Å². The highest BCUT2D eigenvalue weighted by Crippen LogP contribution is 2.41. The van der Waals surface area contributed by atoms with Crippen molar-refractivity contribution in [1.82, 2.24) is 15.3 Å². The van der Waals surface area contributed by atoms with Crippen LogP contribution in [0, 0.1) is 5.82 Å². The lowest BCUT2D eigenvalue weighted by Gasteiger charge is -2.26. The van der Waals surface area contributed by atoms with Crippen LogP contribution in [-0.2, 0) is 11.0 Å². The van der Waals surface area contributed by atoms with Gasteiger partial charge in [0.25, 0.3) is 0 Å². The van der Waals surface area contributed by atoms with E-state index in [1.54, 1.807) is 12.1 Å². The van der Waals surface area contributed by atoms with Gasteiger partial charge in [0.05, 0.1) is 12.6 Å². The molecule has 10 heteroatoms. The monoisotopic (exact) mass is 487 g/mol. The first-order valence-electron chi connectivity index (χ1n) is 11.6. The summed E-state index contributed by atoms with van der Waals surface area (Å²) in [5.74, 6) is -0.681. The molecule has 3 heterocycles. The van der Waals surface area contributed by atoms with E-state index >= 15 is 0 Å². The maximum Gasteiger partial charge on any atom is 0.421 e. The Labute approximate surface area is 200 Å². The molecule has 0 radical (unpaired) electrons. The second-order valence-corrected chi connectivity index (χ2v) is 8.69. The van der Waals surface area contributed by atoms with Crippen molar-refractivity contribution in [3.63, 3.8) is 0 Å². The topological polar surface area (TPSA) is 62.3 Å². The van der Waals surface area contributed by atoms with E-state index in [-0.39, 0.29) is 30.1 Å². The maximum absolute atomic E-state index is 14.8. The van der Waals surface area contributed by atoms with Gasteiger partial charge in [-0.3, -0.25) is 4.84 Å². The number of alkyl halides is 3. The molecular formula is C25H25F4N5O. The summed E-state index contributed by atoms with van der Waals surface area (Å²) in [6, 6.07) is 13.5. The van der Waals surface area contributed by atoms with Gasteiger partial charge in [-0.1, -0.05) is 36.4 Å². The van der Waals surface area contributed by atoms with Crippen molar-refractivity contribution in [2.24, 2.45) is 0 Å². The number of hydrogen-bond donors (Lipinski definition) is 2. The molecule has 6 nitrogen and oxygen atoms in total. The van der Waals surface area contributed by atoms with Crippen LogP contribution in [-0.4, -0.2) is 29.7 Å². The summed E-state index contributed by atoms with van der Waals surface area (Å²) >= 11 is 0. The number of halogens is 4. The van der Waals surface area contributed by atoms with E-state index in [0.717, 1.165) is 37.7 Å². The zero-order chi connectivity index (χ0) is 24.4. The number of benzene rings is 2. The Hall–Kier alpha value is -3.24. The van der Waals surface area contributed by atoms with Crippen molar-refractivity contribution in [2.45, 2.75) is 37.4 Å². The van der Waals surface area contributed by atoms with Crippen LogP contribution >= 0.6 is 0 Å². The van der Waals surface area contributed by atoms with E-state index < -0.39 is 17.8 Å². The van der Waals surface area contributed by atoms with Gasteiger partial charge >= 0.3 is 6.18 Å². The van der Waals surface area contributed by atoms with Gasteiger partial charge in [-0.25, -0.2) is 14.4 Å². The second-order valence-electron chi connectivity index (χ2n) is 8.69. The summed E-state index contributed by atoms with van der Waals surface area (Å²) in [4.78, 5) is 13.6. The van der Waals surface area contributed by atoms with Gasteiger partial charge in [-0.2, -0.15) is 18.2 Å². The number of aromatic nitrogens is 2. The van der Waals surface area contributed by atoms with Crippen molar-refractivity contribution in [2.75, 3.05) is 30.1 Å². The van der Waals surface area contributed by atoms with Crippen molar-refractivity contribution in [3.05, 3.63) is 77.2 Å². The fourth-order valence-corrected chi connectivity index (χ4v) is 4.65. The lowest BCUT2D eigenvalue weighted by atomic mass is 9.90. The average Bonchev–Trinajstić information content (AvgIpc) is 3.35. The summed E-state index contributed by atoms with van der Waals surface area (Å²) in [5, 5.41) is 7.31. The molecule has 184 valence electrons. The molecule has 2 fully saturated rings. The molecular weight excluding hydrogens is 462 g/mol.